The number of benzene rings is 2. The van der Waals surface area contributed by atoms with E-state index in [1.807, 2.05) is 44.2 Å². The molecule has 1 unspecified atom stereocenters. The molecule has 2 rings (SSSR count). The molecule has 18 heavy (non-hydrogen) atoms. The van der Waals surface area contributed by atoms with Gasteiger partial charge in [-0.05, 0) is 23.1 Å². The highest BCUT2D eigenvalue weighted by atomic mass is 19.1. The van der Waals surface area contributed by atoms with Gasteiger partial charge in [0.15, 0.2) is 0 Å². The Bertz CT molecular complexity index is 518. The van der Waals surface area contributed by atoms with Gasteiger partial charge in [-0.25, -0.2) is 8.78 Å². The van der Waals surface area contributed by atoms with Crippen molar-refractivity contribution in [3.8, 4) is 0 Å². The molecular weight excluding hydrogens is 230 g/mol. The van der Waals surface area contributed by atoms with Crippen LogP contribution in [0, 0.1) is 17.6 Å². The van der Waals surface area contributed by atoms with Crippen LogP contribution in [0.3, 0.4) is 0 Å². The summed E-state index contributed by atoms with van der Waals surface area (Å²) in [5.74, 6) is -0.816. The molecule has 0 fully saturated rings. The Morgan fingerprint density at radius 1 is 0.889 bits per heavy atom. The quantitative estimate of drug-likeness (QED) is 0.733. The van der Waals surface area contributed by atoms with Crippen LogP contribution in [0.2, 0.25) is 0 Å². The van der Waals surface area contributed by atoms with Crippen molar-refractivity contribution in [1.29, 1.82) is 0 Å². The van der Waals surface area contributed by atoms with Crippen LogP contribution in [0.15, 0.2) is 48.5 Å². The summed E-state index contributed by atoms with van der Waals surface area (Å²) in [6, 6.07) is 13.6. The van der Waals surface area contributed by atoms with Crippen LogP contribution in [0.4, 0.5) is 8.78 Å². The Labute approximate surface area is 106 Å². The van der Waals surface area contributed by atoms with E-state index in [0.717, 1.165) is 11.6 Å². The van der Waals surface area contributed by atoms with Gasteiger partial charge in [0.25, 0.3) is 0 Å². The number of halogens is 2. The van der Waals surface area contributed by atoms with Gasteiger partial charge < -0.3 is 0 Å². The maximum absolute atomic E-state index is 13.9. The van der Waals surface area contributed by atoms with E-state index in [4.69, 9.17) is 0 Å². The van der Waals surface area contributed by atoms with Crippen molar-refractivity contribution in [3.63, 3.8) is 0 Å². The Morgan fingerprint density at radius 3 is 2.11 bits per heavy atom. The molecule has 94 valence electrons. The summed E-state index contributed by atoms with van der Waals surface area (Å²) in [7, 11) is 0. The number of hydrogen-bond donors (Lipinski definition) is 0. The molecule has 0 saturated heterocycles. The average Bonchev–Trinajstić information content (AvgIpc) is 2.33. The molecule has 2 aromatic rings. The summed E-state index contributed by atoms with van der Waals surface area (Å²) in [5, 5.41) is 0. The van der Waals surface area contributed by atoms with Crippen LogP contribution in [0.1, 0.15) is 30.9 Å². The van der Waals surface area contributed by atoms with Crippen LogP contribution in [-0.2, 0) is 0 Å². The van der Waals surface area contributed by atoms with Crippen molar-refractivity contribution in [1.82, 2.24) is 0 Å². The topological polar surface area (TPSA) is 0 Å². The van der Waals surface area contributed by atoms with E-state index < -0.39 is 11.6 Å². The van der Waals surface area contributed by atoms with Crippen molar-refractivity contribution in [2.75, 3.05) is 0 Å². The van der Waals surface area contributed by atoms with Crippen LogP contribution >= 0.6 is 0 Å². The molecule has 0 aliphatic carbocycles. The van der Waals surface area contributed by atoms with Crippen LogP contribution in [0.5, 0.6) is 0 Å². The zero-order chi connectivity index (χ0) is 13.1. The molecule has 0 spiro atoms. The largest absolute Gasteiger partial charge is 0.207 e. The second kappa shape index (κ2) is 5.30. The summed E-state index contributed by atoms with van der Waals surface area (Å²) in [4.78, 5) is 0. The van der Waals surface area contributed by atoms with E-state index in [1.165, 1.54) is 6.07 Å². The third kappa shape index (κ3) is 2.58. The molecule has 0 aliphatic rings. The second-order valence-corrected chi connectivity index (χ2v) is 4.80. The van der Waals surface area contributed by atoms with Gasteiger partial charge in [-0.3, -0.25) is 0 Å². The van der Waals surface area contributed by atoms with Crippen molar-refractivity contribution in [2.45, 2.75) is 19.8 Å². The zero-order valence-electron chi connectivity index (χ0n) is 10.5. The summed E-state index contributed by atoms with van der Waals surface area (Å²) >= 11 is 0. The predicted octanol–water partition coefficient (Wildman–Crippen LogP) is 4.75. The molecule has 2 heteroatoms. The lowest BCUT2D eigenvalue weighted by atomic mass is 9.82. The molecule has 0 N–H and O–H groups in total. The van der Waals surface area contributed by atoms with E-state index in [0.29, 0.717) is 5.56 Å². The van der Waals surface area contributed by atoms with Crippen molar-refractivity contribution in [3.05, 3.63) is 71.3 Å². The monoisotopic (exact) mass is 246 g/mol. The van der Waals surface area contributed by atoms with E-state index in [1.54, 1.807) is 6.07 Å². The molecule has 0 radical (unpaired) electrons. The minimum Gasteiger partial charge on any atom is -0.207 e. The Morgan fingerprint density at radius 2 is 1.56 bits per heavy atom. The summed E-state index contributed by atoms with van der Waals surface area (Å²) < 4.78 is 26.9. The van der Waals surface area contributed by atoms with Gasteiger partial charge in [-0.1, -0.05) is 50.2 Å². The first-order valence-electron chi connectivity index (χ1n) is 6.09. The lowest BCUT2D eigenvalue weighted by Gasteiger charge is -2.22. The van der Waals surface area contributed by atoms with Crippen molar-refractivity contribution < 1.29 is 8.78 Å². The molecule has 0 nitrogen and oxygen atoms in total. The van der Waals surface area contributed by atoms with Gasteiger partial charge in [-0.15, -0.1) is 0 Å². The Kier molecular flexibility index (Phi) is 3.75. The summed E-state index contributed by atoms with van der Waals surface area (Å²) in [6.07, 6.45) is 0. The smallest absolute Gasteiger partial charge is 0.129 e. The maximum Gasteiger partial charge on any atom is 0.129 e. The normalized spacial score (nSPS) is 12.7. The van der Waals surface area contributed by atoms with Gasteiger partial charge in [-0.2, -0.15) is 0 Å². The van der Waals surface area contributed by atoms with Crippen LogP contribution in [0.25, 0.3) is 0 Å². The molecule has 1 atom stereocenters. The fourth-order valence-electron chi connectivity index (χ4n) is 2.34. The highest BCUT2D eigenvalue weighted by Gasteiger charge is 2.21. The zero-order valence-corrected chi connectivity index (χ0v) is 10.5. The molecule has 0 saturated carbocycles. The SMILES string of the molecule is CC(C)C(c1ccccc1)c1ccc(F)cc1F. The van der Waals surface area contributed by atoms with Crippen LogP contribution in [-0.4, -0.2) is 0 Å². The fraction of sp³-hybridized carbons (Fsp3) is 0.250. The van der Waals surface area contributed by atoms with Gasteiger partial charge in [0.1, 0.15) is 11.6 Å². The van der Waals surface area contributed by atoms with Crippen molar-refractivity contribution in [2.24, 2.45) is 5.92 Å². The average molecular weight is 246 g/mol. The van der Waals surface area contributed by atoms with E-state index in [2.05, 4.69) is 0 Å². The first-order valence-corrected chi connectivity index (χ1v) is 6.09. The lowest BCUT2D eigenvalue weighted by Crippen LogP contribution is -2.10. The molecule has 0 heterocycles. The standard InChI is InChI=1S/C16H16F2/c1-11(2)16(12-6-4-3-5-7-12)14-9-8-13(17)10-15(14)18/h3-11,16H,1-2H3. The first-order chi connectivity index (χ1) is 8.59. The molecule has 2 aromatic carbocycles. The molecular formula is C16H16F2. The molecule has 0 amide bonds. The van der Waals surface area contributed by atoms with Crippen LogP contribution < -0.4 is 0 Å². The Balaban J connectivity index is 2.49. The fourth-order valence-corrected chi connectivity index (χ4v) is 2.34. The van der Waals surface area contributed by atoms with E-state index in [-0.39, 0.29) is 11.8 Å². The predicted molar refractivity (Wildman–Crippen MR) is 69.5 cm³/mol. The summed E-state index contributed by atoms with van der Waals surface area (Å²) in [5.41, 5.74) is 1.61. The second-order valence-electron chi connectivity index (χ2n) is 4.80. The number of rotatable bonds is 3. The van der Waals surface area contributed by atoms with Gasteiger partial charge in [0.05, 0.1) is 0 Å². The molecule has 0 aliphatic heterocycles. The minimum atomic E-state index is -0.535. The van der Waals surface area contributed by atoms with E-state index in [9.17, 15) is 8.78 Å². The van der Waals surface area contributed by atoms with Gasteiger partial charge in [0, 0.05) is 12.0 Å². The van der Waals surface area contributed by atoms with Gasteiger partial charge in [0.2, 0.25) is 0 Å². The first kappa shape index (κ1) is 12.7. The Hall–Kier alpha value is -1.70. The molecule has 0 bridgehead atoms. The minimum absolute atomic E-state index is 0.0493. The summed E-state index contributed by atoms with van der Waals surface area (Å²) in [6.45, 7) is 4.08. The lowest BCUT2D eigenvalue weighted by molar-refractivity contribution is 0.514. The highest BCUT2D eigenvalue weighted by molar-refractivity contribution is 5.34. The van der Waals surface area contributed by atoms with Crippen molar-refractivity contribution >= 4 is 0 Å². The van der Waals surface area contributed by atoms with E-state index >= 15 is 0 Å². The van der Waals surface area contributed by atoms with Gasteiger partial charge >= 0.3 is 0 Å². The third-order valence-electron chi connectivity index (χ3n) is 3.12. The highest BCUT2D eigenvalue weighted by Crippen LogP contribution is 2.33. The maximum atomic E-state index is 13.9. The third-order valence-corrected chi connectivity index (χ3v) is 3.12. The molecule has 0 aromatic heterocycles. The number of hydrogen-bond acceptors (Lipinski definition) is 0.